The summed E-state index contributed by atoms with van der Waals surface area (Å²) in [4.78, 5) is 9.20. The summed E-state index contributed by atoms with van der Waals surface area (Å²) in [5.74, 6) is 2.41. The van der Waals surface area contributed by atoms with E-state index in [1.165, 1.54) is 0 Å². The summed E-state index contributed by atoms with van der Waals surface area (Å²) < 4.78 is 17.9. The summed E-state index contributed by atoms with van der Waals surface area (Å²) in [6.45, 7) is 8.42. The summed E-state index contributed by atoms with van der Waals surface area (Å²) in [5.41, 5.74) is 2.77. The number of β-amino-alcohol motifs (C(OH)–C–C–N with tert-alkyl or cyclic N) is 1. The molecule has 2 unspecified atom stereocenters. The monoisotopic (exact) mass is 508 g/mol. The van der Waals surface area contributed by atoms with Crippen molar-refractivity contribution in [2.45, 2.75) is 32.5 Å². The Morgan fingerprint density at radius 3 is 2.72 bits per heavy atom. The second-order valence-corrected chi connectivity index (χ2v) is 10.5. The highest BCUT2D eigenvalue weighted by molar-refractivity contribution is 7.18. The lowest BCUT2D eigenvalue weighted by Crippen LogP contribution is -2.53. The van der Waals surface area contributed by atoms with Gasteiger partial charge in [0.15, 0.2) is 5.76 Å². The Morgan fingerprint density at radius 1 is 1.14 bits per heavy atom. The molecule has 2 aromatic carbocycles. The van der Waals surface area contributed by atoms with Crippen molar-refractivity contribution in [1.29, 1.82) is 0 Å². The molecule has 5 rings (SSSR count). The molecule has 2 atom stereocenters. The number of rotatable bonds is 9. The standard InChI is InChI=1S/C27H32N4O4S/c1-18-14-30(15-21(32)17-34-23-8-9-27-26(12-23)28-19(2)36-27)10-11-31(18)16-24-13-25(29-35-24)20-4-6-22(33-3)7-5-20/h4-9,12-13,18,21,32H,10-11,14-17H2,1-3H3. The number of methoxy groups -OCH3 is 1. The molecule has 36 heavy (non-hydrogen) atoms. The topological polar surface area (TPSA) is 84.1 Å². The van der Waals surface area contributed by atoms with Gasteiger partial charge in [-0.15, -0.1) is 11.3 Å². The zero-order chi connectivity index (χ0) is 25.1. The van der Waals surface area contributed by atoms with Crippen molar-refractivity contribution in [3.05, 3.63) is 59.3 Å². The van der Waals surface area contributed by atoms with Gasteiger partial charge in [-0.2, -0.15) is 0 Å². The molecule has 1 fully saturated rings. The number of aliphatic hydroxyl groups excluding tert-OH is 1. The zero-order valence-electron chi connectivity index (χ0n) is 20.9. The normalized spacial score (nSPS) is 17.9. The zero-order valence-corrected chi connectivity index (χ0v) is 21.7. The first-order chi connectivity index (χ1) is 17.5. The molecule has 9 heteroatoms. The van der Waals surface area contributed by atoms with Crippen molar-refractivity contribution in [3.63, 3.8) is 0 Å². The number of ether oxygens (including phenoxy) is 2. The lowest BCUT2D eigenvalue weighted by atomic mass is 10.1. The average Bonchev–Trinajstić information content (AvgIpc) is 3.49. The van der Waals surface area contributed by atoms with Crippen molar-refractivity contribution in [2.75, 3.05) is 39.9 Å². The molecule has 0 bridgehead atoms. The highest BCUT2D eigenvalue weighted by Gasteiger charge is 2.26. The Hall–Kier alpha value is -2.98. The molecule has 1 aliphatic rings. The van der Waals surface area contributed by atoms with E-state index in [0.717, 1.165) is 63.4 Å². The number of nitrogens with zero attached hydrogens (tertiary/aromatic N) is 4. The lowest BCUT2D eigenvalue weighted by Gasteiger charge is -2.40. The molecule has 1 N–H and O–H groups in total. The maximum Gasteiger partial charge on any atom is 0.151 e. The van der Waals surface area contributed by atoms with E-state index >= 15 is 0 Å². The molecule has 8 nitrogen and oxygen atoms in total. The minimum Gasteiger partial charge on any atom is -0.497 e. The van der Waals surface area contributed by atoms with Crippen LogP contribution in [0.4, 0.5) is 0 Å². The van der Waals surface area contributed by atoms with Gasteiger partial charge in [-0.3, -0.25) is 9.80 Å². The van der Waals surface area contributed by atoms with Crippen molar-refractivity contribution in [3.8, 4) is 22.8 Å². The SMILES string of the molecule is COc1ccc(-c2cc(CN3CCN(CC(O)COc4ccc5sc(C)nc5c4)CC3C)on2)cc1. The van der Waals surface area contributed by atoms with Crippen LogP contribution in [-0.2, 0) is 6.54 Å². The highest BCUT2D eigenvalue weighted by atomic mass is 32.1. The molecule has 0 saturated carbocycles. The smallest absolute Gasteiger partial charge is 0.151 e. The third-order valence-electron chi connectivity index (χ3n) is 6.53. The van der Waals surface area contributed by atoms with Crippen LogP contribution in [0.2, 0.25) is 0 Å². The van der Waals surface area contributed by atoms with Crippen LogP contribution in [0.1, 0.15) is 17.7 Å². The largest absolute Gasteiger partial charge is 0.497 e. The summed E-state index contributed by atoms with van der Waals surface area (Å²) in [6, 6.07) is 16.0. The van der Waals surface area contributed by atoms with E-state index in [0.29, 0.717) is 19.1 Å². The third-order valence-corrected chi connectivity index (χ3v) is 7.48. The van der Waals surface area contributed by atoms with E-state index in [1.54, 1.807) is 18.4 Å². The summed E-state index contributed by atoms with van der Waals surface area (Å²) in [5, 5.41) is 15.9. The molecule has 0 amide bonds. The number of thiazole rings is 1. The van der Waals surface area contributed by atoms with E-state index in [9.17, 15) is 5.11 Å². The number of aryl methyl sites for hydroxylation is 1. The molecule has 4 aromatic rings. The predicted molar refractivity (Wildman–Crippen MR) is 141 cm³/mol. The van der Waals surface area contributed by atoms with Crippen LogP contribution in [0.5, 0.6) is 11.5 Å². The number of hydrogen-bond donors (Lipinski definition) is 1. The maximum atomic E-state index is 10.6. The van der Waals surface area contributed by atoms with Crippen molar-refractivity contribution in [1.82, 2.24) is 19.9 Å². The summed E-state index contributed by atoms with van der Waals surface area (Å²) >= 11 is 1.67. The first-order valence-corrected chi connectivity index (χ1v) is 13.0. The Morgan fingerprint density at radius 2 is 1.94 bits per heavy atom. The summed E-state index contributed by atoms with van der Waals surface area (Å²) in [6.07, 6.45) is -0.557. The predicted octanol–water partition coefficient (Wildman–Crippen LogP) is 4.21. The van der Waals surface area contributed by atoms with Crippen LogP contribution < -0.4 is 9.47 Å². The Balaban J connectivity index is 1.08. The van der Waals surface area contributed by atoms with Gasteiger partial charge in [0, 0.05) is 49.9 Å². The van der Waals surface area contributed by atoms with E-state index in [-0.39, 0.29) is 6.61 Å². The van der Waals surface area contributed by atoms with Crippen molar-refractivity contribution in [2.24, 2.45) is 0 Å². The fraction of sp³-hybridized carbons (Fsp3) is 0.407. The number of benzene rings is 2. The van der Waals surface area contributed by atoms with Gasteiger partial charge in [0.2, 0.25) is 0 Å². The van der Waals surface area contributed by atoms with Gasteiger partial charge in [0.25, 0.3) is 0 Å². The minimum absolute atomic E-state index is 0.259. The molecule has 190 valence electrons. The molecule has 2 aromatic heterocycles. The summed E-state index contributed by atoms with van der Waals surface area (Å²) in [7, 11) is 1.66. The number of aliphatic hydroxyl groups is 1. The second-order valence-electron chi connectivity index (χ2n) is 9.31. The van der Waals surface area contributed by atoms with E-state index in [1.807, 2.05) is 55.5 Å². The van der Waals surface area contributed by atoms with E-state index < -0.39 is 6.10 Å². The van der Waals surface area contributed by atoms with Gasteiger partial charge in [0.1, 0.15) is 29.9 Å². The first kappa shape index (κ1) is 24.7. The fourth-order valence-electron chi connectivity index (χ4n) is 4.61. The molecular weight excluding hydrogens is 476 g/mol. The molecule has 3 heterocycles. The molecule has 0 aliphatic carbocycles. The molecule has 1 aliphatic heterocycles. The van der Waals surface area contributed by atoms with Crippen LogP contribution in [0.3, 0.4) is 0 Å². The first-order valence-electron chi connectivity index (χ1n) is 12.2. The highest BCUT2D eigenvalue weighted by Crippen LogP contribution is 2.26. The van der Waals surface area contributed by atoms with Crippen molar-refractivity contribution >= 4 is 21.6 Å². The van der Waals surface area contributed by atoms with Crippen LogP contribution >= 0.6 is 11.3 Å². The Bertz CT molecular complexity index is 1290. The number of hydrogen-bond acceptors (Lipinski definition) is 9. The lowest BCUT2D eigenvalue weighted by molar-refractivity contribution is 0.0231. The number of piperazine rings is 1. The van der Waals surface area contributed by atoms with Gasteiger partial charge in [-0.05, 0) is 50.2 Å². The molecule has 0 spiro atoms. The van der Waals surface area contributed by atoms with Crippen LogP contribution in [0.25, 0.3) is 21.5 Å². The minimum atomic E-state index is -0.557. The average molecular weight is 509 g/mol. The maximum absolute atomic E-state index is 10.6. The van der Waals surface area contributed by atoms with Crippen LogP contribution in [-0.4, -0.2) is 77.1 Å². The molecule has 0 radical (unpaired) electrons. The van der Waals surface area contributed by atoms with Crippen LogP contribution in [0.15, 0.2) is 53.1 Å². The third kappa shape index (κ3) is 5.87. The molecular formula is C27H32N4O4S. The fourth-order valence-corrected chi connectivity index (χ4v) is 5.42. The van der Waals surface area contributed by atoms with Gasteiger partial charge in [-0.25, -0.2) is 4.98 Å². The quantitative estimate of drug-likeness (QED) is 0.360. The Kier molecular flexibility index (Phi) is 7.52. The van der Waals surface area contributed by atoms with Gasteiger partial charge >= 0.3 is 0 Å². The van der Waals surface area contributed by atoms with Crippen molar-refractivity contribution < 1.29 is 19.1 Å². The van der Waals surface area contributed by atoms with Gasteiger partial charge in [-0.1, -0.05) is 5.16 Å². The van der Waals surface area contributed by atoms with E-state index in [4.69, 9.17) is 14.0 Å². The number of fused-ring (bicyclic) bond motifs is 1. The molecule has 1 saturated heterocycles. The van der Waals surface area contributed by atoms with Crippen LogP contribution in [0, 0.1) is 6.92 Å². The second kappa shape index (κ2) is 11.0. The number of aromatic nitrogens is 2. The Labute approximate surface area is 215 Å². The van der Waals surface area contributed by atoms with E-state index in [2.05, 4.69) is 26.9 Å². The van der Waals surface area contributed by atoms with Gasteiger partial charge in [0.05, 0.1) is 28.9 Å². The van der Waals surface area contributed by atoms with Gasteiger partial charge < -0.3 is 19.1 Å².